The third-order valence-corrected chi connectivity index (χ3v) is 8.67. The van der Waals surface area contributed by atoms with Crippen LogP contribution in [-0.4, -0.2) is 55.3 Å². The molecule has 43 heavy (non-hydrogen) atoms. The van der Waals surface area contributed by atoms with Crippen molar-refractivity contribution in [3.05, 3.63) is 53.3 Å². The number of rotatable bonds is 6. The summed E-state index contributed by atoms with van der Waals surface area (Å²) in [5, 5.41) is 21.7. The number of hydrogen-bond acceptors (Lipinski definition) is 7. The summed E-state index contributed by atoms with van der Waals surface area (Å²) < 4.78 is 45.0. The molecule has 1 aliphatic carbocycles. The van der Waals surface area contributed by atoms with Gasteiger partial charge in [0.05, 0.1) is 16.5 Å². The Labute approximate surface area is 253 Å². The molecule has 2 aliphatic heterocycles. The van der Waals surface area contributed by atoms with Crippen LogP contribution in [0.3, 0.4) is 0 Å². The first-order chi connectivity index (χ1) is 20.2. The van der Waals surface area contributed by atoms with Gasteiger partial charge < -0.3 is 10.1 Å². The molecule has 2 amide bonds. The maximum atomic E-state index is 15.2. The van der Waals surface area contributed by atoms with Gasteiger partial charge in [-0.15, -0.1) is 0 Å². The number of ether oxygens (including phenoxy) is 1. The zero-order chi connectivity index (χ0) is 32.1. The second kappa shape index (κ2) is 13.6. The summed E-state index contributed by atoms with van der Waals surface area (Å²) in [4.78, 5) is 27.8. The summed E-state index contributed by atoms with van der Waals surface area (Å²) in [5.74, 6) is -1.14. The van der Waals surface area contributed by atoms with Gasteiger partial charge in [0.2, 0.25) is 5.91 Å². The summed E-state index contributed by atoms with van der Waals surface area (Å²) in [7, 11) is -3.68. The van der Waals surface area contributed by atoms with Crippen LogP contribution in [0.15, 0.2) is 41.3 Å². The highest BCUT2D eigenvalue weighted by atomic mass is 32.2. The van der Waals surface area contributed by atoms with Crippen LogP contribution >= 0.6 is 0 Å². The molecular formula is C32H39FN4O5S. The second-order valence-corrected chi connectivity index (χ2v) is 13.7. The molecule has 1 N–H and O–H groups in total. The predicted octanol–water partition coefficient (Wildman–Crippen LogP) is 5.52. The lowest BCUT2D eigenvalue weighted by molar-refractivity contribution is -0.135. The number of carbonyl (C=O) groups excluding carboxylic acids is 2. The zero-order valence-electron chi connectivity index (χ0n) is 25.5. The van der Waals surface area contributed by atoms with Gasteiger partial charge >= 0.3 is 6.09 Å². The summed E-state index contributed by atoms with van der Waals surface area (Å²) in [6, 6.07) is 10.5. The molecule has 0 unspecified atom stereocenters. The average molecular weight is 611 g/mol. The average Bonchev–Trinajstić information content (AvgIpc) is 2.97. The number of fused-ring (bicyclic) bond motifs is 3. The molecule has 2 heterocycles. The van der Waals surface area contributed by atoms with E-state index >= 15 is 4.39 Å². The molecule has 2 atom stereocenters. The molecule has 2 aromatic rings. The first-order valence-corrected chi connectivity index (χ1v) is 16.4. The number of hydrogen-bond donors (Lipinski definition) is 1. The van der Waals surface area contributed by atoms with E-state index < -0.39 is 45.3 Å². The minimum absolute atomic E-state index is 0.00244. The molecule has 0 radical (unpaired) electrons. The van der Waals surface area contributed by atoms with E-state index in [4.69, 9.17) is 4.74 Å². The molecule has 5 rings (SSSR count). The van der Waals surface area contributed by atoms with Crippen LogP contribution in [0.2, 0.25) is 0 Å². The van der Waals surface area contributed by atoms with Crippen molar-refractivity contribution in [2.24, 2.45) is 5.92 Å². The summed E-state index contributed by atoms with van der Waals surface area (Å²) >= 11 is 0. The molecule has 0 spiro atoms. The van der Waals surface area contributed by atoms with Gasteiger partial charge in [0.1, 0.15) is 29.6 Å². The van der Waals surface area contributed by atoms with Gasteiger partial charge in [-0.1, -0.05) is 32.0 Å². The van der Waals surface area contributed by atoms with E-state index in [2.05, 4.69) is 5.32 Å². The number of nitrogens with zero attached hydrogens (tertiary/aromatic N) is 3. The van der Waals surface area contributed by atoms with Gasteiger partial charge in [-0.05, 0) is 87.3 Å². The lowest BCUT2D eigenvalue weighted by atomic mass is 9.74. The van der Waals surface area contributed by atoms with Crippen molar-refractivity contribution in [1.29, 1.82) is 10.5 Å². The molecule has 0 aromatic heterocycles. The third kappa shape index (κ3) is 7.91. The lowest BCUT2D eigenvalue weighted by Crippen LogP contribution is -2.64. The van der Waals surface area contributed by atoms with E-state index in [1.54, 1.807) is 26.8 Å². The molecule has 9 nitrogen and oxygen atoms in total. The van der Waals surface area contributed by atoms with Crippen molar-refractivity contribution in [3.8, 4) is 23.3 Å². The minimum atomic E-state index is -3.68. The molecule has 230 valence electrons. The normalized spacial score (nSPS) is 20.1. The molecule has 2 bridgehead atoms. The monoisotopic (exact) mass is 610 g/mol. The molecule has 11 heteroatoms. The van der Waals surface area contributed by atoms with E-state index in [0.29, 0.717) is 11.1 Å². The summed E-state index contributed by atoms with van der Waals surface area (Å²) in [6.07, 6.45) is 3.51. The fraction of sp³-hybridized carbons (Fsp3) is 0.500. The number of sulfone groups is 1. The summed E-state index contributed by atoms with van der Waals surface area (Å²) in [6.45, 7) is 9.29. The number of halogens is 1. The Bertz CT molecular complexity index is 1550. The highest BCUT2D eigenvalue weighted by molar-refractivity contribution is 7.90. The molecule has 2 aromatic carbocycles. The SMILES string of the molecule is CC.CC(C)(C)OC(=O)N1C2CCC(CC2)[C@H]1C(=O)N[C@H](C#N)Cc1ccc(-c2ccc(C#N)c(S(C)(=O)=O)c2)cc1F. The van der Waals surface area contributed by atoms with Crippen LogP contribution < -0.4 is 5.32 Å². The standard InChI is InChI=1S/C30H33FN4O5S.C2H6/c1-30(2,3)40-29(37)35-24-11-9-18(10-12-24)27(35)28(36)34-23(17-33)13-21-7-5-19(14-25(21)31)20-6-8-22(16-32)26(15-20)41(4,38)39;1-2/h5-8,14-15,18,23-24,27H,9-13H2,1-4H3,(H,34,36);1-2H3/t18?,23-,24?,27-;/m0./s1. The molecule has 2 saturated heterocycles. The van der Waals surface area contributed by atoms with Crippen molar-refractivity contribution in [1.82, 2.24) is 10.2 Å². The van der Waals surface area contributed by atoms with Gasteiger partial charge in [-0.2, -0.15) is 10.5 Å². The molecule has 1 saturated carbocycles. The topological polar surface area (TPSA) is 140 Å². The van der Waals surface area contributed by atoms with Crippen molar-refractivity contribution in [3.63, 3.8) is 0 Å². The Morgan fingerprint density at radius 2 is 1.67 bits per heavy atom. The highest BCUT2D eigenvalue weighted by Crippen LogP contribution is 2.40. The van der Waals surface area contributed by atoms with Gasteiger partial charge in [-0.25, -0.2) is 17.6 Å². The van der Waals surface area contributed by atoms with Gasteiger partial charge in [0.15, 0.2) is 9.84 Å². The first-order valence-electron chi connectivity index (χ1n) is 14.5. The number of carbonyl (C=O) groups is 2. The number of piperidine rings is 2. The van der Waals surface area contributed by atoms with Crippen LogP contribution in [0.5, 0.6) is 0 Å². The van der Waals surface area contributed by atoms with Crippen molar-refractivity contribution in [2.45, 2.75) is 95.3 Å². The quantitative estimate of drug-likeness (QED) is 0.454. The summed E-state index contributed by atoms with van der Waals surface area (Å²) in [5.41, 5.74) is 0.265. The number of benzene rings is 2. The van der Waals surface area contributed by atoms with E-state index in [1.165, 1.54) is 35.2 Å². The third-order valence-electron chi connectivity index (χ3n) is 7.54. The van der Waals surface area contributed by atoms with Crippen molar-refractivity contribution in [2.75, 3.05) is 6.26 Å². The Morgan fingerprint density at radius 1 is 1.07 bits per heavy atom. The van der Waals surface area contributed by atoms with Crippen LogP contribution in [0.25, 0.3) is 11.1 Å². The first kappa shape index (κ1) is 33.5. The van der Waals surface area contributed by atoms with Crippen LogP contribution in [0.4, 0.5) is 9.18 Å². The number of nitrogens with one attached hydrogen (secondary N) is 1. The Balaban J connectivity index is 0.00000248. The highest BCUT2D eigenvalue weighted by Gasteiger charge is 2.49. The van der Waals surface area contributed by atoms with Gasteiger partial charge in [0, 0.05) is 18.7 Å². The maximum absolute atomic E-state index is 15.2. The smallest absolute Gasteiger partial charge is 0.411 e. The lowest BCUT2D eigenvalue weighted by Gasteiger charge is -2.50. The van der Waals surface area contributed by atoms with E-state index in [-0.39, 0.29) is 34.4 Å². The maximum Gasteiger partial charge on any atom is 0.411 e. The Morgan fingerprint density at radius 3 is 2.21 bits per heavy atom. The van der Waals surface area contributed by atoms with Crippen LogP contribution in [0, 0.1) is 34.4 Å². The van der Waals surface area contributed by atoms with E-state index in [9.17, 15) is 28.5 Å². The largest absolute Gasteiger partial charge is 0.444 e. The van der Waals surface area contributed by atoms with Crippen LogP contribution in [0.1, 0.15) is 71.4 Å². The molecule has 3 fully saturated rings. The Hall–Kier alpha value is -3.96. The van der Waals surface area contributed by atoms with E-state index in [0.717, 1.165) is 31.9 Å². The van der Waals surface area contributed by atoms with Crippen molar-refractivity contribution < 1.29 is 27.1 Å². The van der Waals surface area contributed by atoms with Crippen LogP contribution in [-0.2, 0) is 25.8 Å². The second-order valence-electron chi connectivity index (χ2n) is 11.7. The van der Waals surface area contributed by atoms with E-state index in [1.807, 2.05) is 26.0 Å². The Kier molecular flexibility index (Phi) is 10.6. The number of amides is 2. The zero-order valence-corrected chi connectivity index (χ0v) is 26.3. The minimum Gasteiger partial charge on any atom is -0.444 e. The predicted molar refractivity (Wildman–Crippen MR) is 160 cm³/mol. The fourth-order valence-electron chi connectivity index (χ4n) is 5.67. The van der Waals surface area contributed by atoms with Gasteiger partial charge in [0.25, 0.3) is 0 Å². The van der Waals surface area contributed by atoms with Crippen molar-refractivity contribution >= 4 is 21.8 Å². The molecular weight excluding hydrogens is 571 g/mol. The number of nitriles is 2. The van der Waals surface area contributed by atoms with Gasteiger partial charge in [-0.3, -0.25) is 9.69 Å². The molecule has 3 aliphatic rings. The fourth-order valence-corrected chi connectivity index (χ4v) is 6.52.